The summed E-state index contributed by atoms with van der Waals surface area (Å²) in [7, 11) is 0. The Bertz CT molecular complexity index is 1100. The first-order valence-corrected chi connectivity index (χ1v) is 10.0. The summed E-state index contributed by atoms with van der Waals surface area (Å²) in [5.41, 5.74) is 0.149. The summed E-state index contributed by atoms with van der Waals surface area (Å²) in [4.78, 5) is 20.4. The maximum absolute atomic E-state index is 13.5. The number of carbonyl (C=O) groups excluding carboxylic acids is 1. The van der Waals surface area contributed by atoms with Gasteiger partial charge in [0, 0.05) is 12.1 Å². The third-order valence-corrected chi connectivity index (χ3v) is 5.91. The number of anilines is 1. The second-order valence-electron chi connectivity index (χ2n) is 7.74. The van der Waals surface area contributed by atoms with Crippen LogP contribution in [0, 0.1) is 0 Å². The third-order valence-electron chi connectivity index (χ3n) is 5.91. The molecule has 0 spiro atoms. The van der Waals surface area contributed by atoms with E-state index >= 15 is 0 Å². The van der Waals surface area contributed by atoms with Gasteiger partial charge in [-0.1, -0.05) is 18.2 Å². The molecule has 7 nitrogen and oxygen atoms in total. The van der Waals surface area contributed by atoms with Gasteiger partial charge < -0.3 is 10.2 Å². The van der Waals surface area contributed by atoms with Crippen LogP contribution in [0.4, 0.5) is 19.0 Å². The van der Waals surface area contributed by atoms with E-state index in [2.05, 4.69) is 20.5 Å². The van der Waals surface area contributed by atoms with E-state index < -0.39 is 11.9 Å². The fraction of sp³-hybridized carbons (Fsp3) is 0.333. The van der Waals surface area contributed by atoms with Gasteiger partial charge in [-0.25, -0.2) is 4.98 Å². The molecule has 1 amide bonds. The van der Waals surface area contributed by atoms with Gasteiger partial charge in [0.2, 0.25) is 0 Å². The second kappa shape index (κ2) is 7.36. The van der Waals surface area contributed by atoms with E-state index in [1.54, 1.807) is 30.6 Å². The van der Waals surface area contributed by atoms with Crippen molar-refractivity contribution in [2.75, 3.05) is 5.32 Å². The SMILES string of the molecule is O=C(c1ccccc1-n1nccn1)N1C2CCC1C(Nc1cccc(C(F)(F)F)n1)C2. The fourth-order valence-electron chi connectivity index (χ4n) is 4.63. The van der Waals surface area contributed by atoms with Crippen LogP contribution in [0.5, 0.6) is 0 Å². The highest BCUT2D eigenvalue weighted by Gasteiger charge is 2.49. The summed E-state index contributed by atoms with van der Waals surface area (Å²) in [6, 6.07) is 10.7. The average Bonchev–Trinajstić information content (AvgIpc) is 3.49. The number of rotatable bonds is 4. The lowest BCUT2D eigenvalue weighted by Crippen LogP contribution is -2.40. The predicted octanol–water partition coefficient (Wildman–Crippen LogP) is 3.54. The van der Waals surface area contributed by atoms with E-state index in [4.69, 9.17) is 0 Å². The number of fused-ring (bicyclic) bond motifs is 2. The number of pyridine rings is 1. The molecule has 0 radical (unpaired) electrons. The molecule has 2 saturated heterocycles. The Balaban J connectivity index is 1.38. The molecule has 4 heterocycles. The number of nitrogens with zero attached hydrogens (tertiary/aromatic N) is 5. The number of alkyl halides is 3. The van der Waals surface area contributed by atoms with Gasteiger partial charge in [-0.05, 0) is 43.5 Å². The van der Waals surface area contributed by atoms with Crippen molar-refractivity contribution < 1.29 is 18.0 Å². The van der Waals surface area contributed by atoms with Crippen LogP contribution < -0.4 is 5.32 Å². The van der Waals surface area contributed by atoms with Crippen LogP contribution in [0.3, 0.4) is 0 Å². The molecule has 3 unspecified atom stereocenters. The number of aromatic nitrogens is 4. The molecule has 0 aliphatic carbocycles. The van der Waals surface area contributed by atoms with Crippen molar-refractivity contribution in [2.24, 2.45) is 0 Å². The topological polar surface area (TPSA) is 75.9 Å². The third kappa shape index (κ3) is 3.51. The van der Waals surface area contributed by atoms with E-state index in [1.165, 1.54) is 16.9 Å². The van der Waals surface area contributed by atoms with Crippen LogP contribution in [-0.4, -0.2) is 48.9 Å². The Kier molecular flexibility index (Phi) is 4.64. The molecule has 31 heavy (non-hydrogen) atoms. The largest absolute Gasteiger partial charge is 0.433 e. The smallest absolute Gasteiger partial charge is 0.365 e. The average molecular weight is 428 g/mol. The van der Waals surface area contributed by atoms with E-state index in [0.29, 0.717) is 17.7 Å². The number of halogens is 3. The van der Waals surface area contributed by atoms with Gasteiger partial charge in [-0.15, -0.1) is 0 Å². The minimum atomic E-state index is -4.50. The van der Waals surface area contributed by atoms with Crippen LogP contribution in [0.25, 0.3) is 5.69 Å². The van der Waals surface area contributed by atoms with E-state index in [-0.39, 0.29) is 29.9 Å². The normalized spacial score (nSPS) is 22.7. The molecule has 2 fully saturated rings. The first-order chi connectivity index (χ1) is 14.9. The van der Waals surface area contributed by atoms with Crippen LogP contribution in [0.2, 0.25) is 0 Å². The Morgan fingerprint density at radius 3 is 2.58 bits per heavy atom. The summed E-state index contributed by atoms with van der Waals surface area (Å²) >= 11 is 0. The van der Waals surface area contributed by atoms with Gasteiger partial charge >= 0.3 is 6.18 Å². The van der Waals surface area contributed by atoms with E-state index in [1.807, 2.05) is 11.0 Å². The van der Waals surface area contributed by atoms with Gasteiger partial charge in [0.05, 0.1) is 29.7 Å². The molecule has 2 bridgehead atoms. The van der Waals surface area contributed by atoms with Gasteiger partial charge in [-0.3, -0.25) is 4.79 Å². The summed E-state index contributed by atoms with van der Waals surface area (Å²) in [5, 5.41) is 11.4. The Hall–Kier alpha value is -3.43. The highest BCUT2D eigenvalue weighted by atomic mass is 19.4. The monoisotopic (exact) mass is 428 g/mol. The molecule has 0 saturated carbocycles. The molecular weight excluding hydrogens is 409 g/mol. The summed E-state index contributed by atoms with van der Waals surface area (Å²) in [6.07, 6.45) is 0.906. The van der Waals surface area contributed by atoms with Crippen LogP contribution in [-0.2, 0) is 6.18 Å². The van der Waals surface area contributed by atoms with Crippen molar-refractivity contribution in [1.29, 1.82) is 0 Å². The first-order valence-electron chi connectivity index (χ1n) is 10.0. The Morgan fingerprint density at radius 2 is 1.81 bits per heavy atom. The molecule has 2 aromatic heterocycles. The van der Waals surface area contributed by atoms with Crippen molar-refractivity contribution in [2.45, 2.75) is 43.6 Å². The lowest BCUT2D eigenvalue weighted by molar-refractivity contribution is -0.141. The quantitative estimate of drug-likeness (QED) is 0.688. The summed E-state index contributed by atoms with van der Waals surface area (Å²) < 4.78 is 39.0. The molecule has 1 aromatic carbocycles. The second-order valence-corrected chi connectivity index (χ2v) is 7.74. The maximum Gasteiger partial charge on any atom is 0.433 e. The molecular formula is C21H19F3N6O. The number of nitrogens with one attached hydrogen (secondary N) is 1. The maximum atomic E-state index is 13.5. The zero-order valence-electron chi connectivity index (χ0n) is 16.3. The van der Waals surface area contributed by atoms with Gasteiger partial charge in [0.25, 0.3) is 5.91 Å². The minimum absolute atomic E-state index is 0.0273. The molecule has 3 atom stereocenters. The number of benzene rings is 1. The highest BCUT2D eigenvalue weighted by molar-refractivity contribution is 5.98. The lowest BCUT2D eigenvalue weighted by Gasteiger charge is -2.26. The highest BCUT2D eigenvalue weighted by Crippen LogP contribution is 2.40. The Labute approximate surface area is 175 Å². The first kappa shape index (κ1) is 19.5. The zero-order valence-corrected chi connectivity index (χ0v) is 16.3. The molecule has 2 aliphatic rings. The molecule has 10 heteroatoms. The number of hydrogen-bond donors (Lipinski definition) is 1. The zero-order chi connectivity index (χ0) is 21.6. The van der Waals surface area contributed by atoms with E-state index in [0.717, 1.165) is 18.9 Å². The van der Waals surface area contributed by atoms with Gasteiger partial charge in [0.15, 0.2) is 0 Å². The fourth-order valence-corrected chi connectivity index (χ4v) is 4.63. The minimum Gasteiger partial charge on any atom is -0.365 e. The van der Waals surface area contributed by atoms with Gasteiger partial charge in [-0.2, -0.15) is 28.2 Å². The molecule has 160 valence electrons. The molecule has 3 aromatic rings. The molecule has 2 aliphatic heterocycles. The summed E-state index contributed by atoms with van der Waals surface area (Å²) in [5.74, 6) is 0.0441. The molecule has 1 N–H and O–H groups in total. The van der Waals surface area contributed by atoms with Crippen molar-refractivity contribution in [1.82, 2.24) is 24.9 Å². The Morgan fingerprint density at radius 1 is 1.03 bits per heavy atom. The number of amides is 1. The predicted molar refractivity (Wildman–Crippen MR) is 106 cm³/mol. The molecule has 5 rings (SSSR count). The van der Waals surface area contributed by atoms with Crippen molar-refractivity contribution in [3.05, 3.63) is 66.1 Å². The van der Waals surface area contributed by atoms with Crippen LogP contribution in [0.1, 0.15) is 35.3 Å². The van der Waals surface area contributed by atoms with Crippen LogP contribution >= 0.6 is 0 Å². The van der Waals surface area contributed by atoms with E-state index in [9.17, 15) is 18.0 Å². The van der Waals surface area contributed by atoms with Crippen molar-refractivity contribution in [3.63, 3.8) is 0 Å². The number of hydrogen-bond acceptors (Lipinski definition) is 5. The van der Waals surface area contributed by atoms with Gasteiger partial charge in [0.1, 0.15) is 11.5 Å². The van der Waals surface area contributed by atoms with Crippen molar-refractivity contribution in [3.8, 4) is 5.69 Å². The number of para-hydroxylation sites is 1. The summed E-state index contributed by atoms with van der Waals surface area (Å²) in [6.45, 7) is 0. The number of carbonyl (C=O) groups is 1. The van der Waals surface area contributed by atoms with Crippen LogP contribution in [0.15, 0.2) is 54.9 Å². The standard InChI is InChI=1S/C21H19F3N6O/c22-21(23,24)18-6-3-7-19(28-18)27-15-12-13-8-9-17(15)29(13)20(31)14-4-1-2-5-16(14)30-25-10-11-26-30/h1-7,10-11,13,15,17H,8-9,12H2,(H,27,28). The van der Waals surface area contributed by atoms with Crippen molar-refractivity contribution >= 4 is 11.7 Å². The lowest BCUT2D eigenvalue weighted by atomic mass is 9.95.